The molecule has 2 aliphatic rings. The fourth-order valence-electron chi connectivity index (χ4n) is 3.31. The third-order valence-corrected chi connectivity index (χ3v) is 9.67. The molecule has 0 aliphatic heterocycles. The van der Waals surface area contributed by atoms with Crippen molar-refractivity contribution in [3.63, 3.8) is 0 Å². The minimum Gasteiger partial charge on any atom is -0.396 e. The number of aliphatic hydroxyl groups is 1. The monoisotopic (exact) mass is 316 g/mol. The summed E-state index contributed by atoms with van der Waals surface area (Å²) in [5, 5.41) is 9.08. The molecule has 2 aliphatic carbocycles. The van der Waals surface area contributed by atoms with Gasteiger partial charge in [0.15, 0.2) is 0 Å². The molecule has 0 spiro atoms. The summed E-state index contributed by atoms with van der Waals surface area (Å²) >= 11 is 0. The van der Waals surface area contributed by atoms with Crippen LogP contribution in [0, 0.1) is 17.8 Å². The Morgan fingerprint density at radius 2 is 1.38 bits per heavy atom. The van der Waals surface area contributed by atoms with Gasteiger partial charge < -0.3 is 5.11 Å². The van der Waals surface area contributed by atoms with Crippen LogP contribution in [0.4, 0.5) is 0 Å². The van der Waals surface area contributed by atoms with Crippen LogP contribution in [0.25, 0.3) is 0 Å². The van der Waals surface area contributed by atoms with Gasteiger partial charge in [-0.25, -0.2) is 10.0 Å². The Morgan fingerprint density at radius 1 is 0.857 bits per heavy atom. The molecule has 0 aromatic carbocycles. The highest BCUT2D eigenvalue weighted by atomic mass is 32.3. The summed E-state index contributed by atoms with van der Waals surface area (Å²) in [7, 11) is -0.340. The highest BCUT2D eigenvalue weighted by Crippen LogP contribution is 2.48. The molecule has 2 saturated carbocycles. The van der Waals surface area contributed by atoms with Crippen LogP contribution in [-0.2, 0) is 0 Å². The third-order valence-electron chi connectivity index (χ3n) is 5.99. The Morgan fingerprint density at radius 3 is 1.76 bits per heavy atom. The lowest BCUT2D eigenvalue weighted by Gasteiger charge is -2.40. The molecule has 2 unspecified atom stereocenters. The average molecular weight is 317 g/mol. The zero-order valence-electron chi connectivity index (χ0n) is 15.5. The number of hydrogen-bond donors (Lipinski definition) is 1. The number of hydrogen-bond acceptors (Lipinski definition) is 1. The maximum atomic E-state index is 9.08. The van der Waals surface area contributed by atoms with Gasteiger partial charge in [0.25, 0.3) is 0 Å². The van der Waals surface area contributed by atoms with Crippen molar-refractivity contribution in [1.29, 1.82) is 0 Å². The second-order valence-corrected chi connectivity index (χ2v) is 13.9. The van der Waals surface area contributed by atoms with E-state index >= 15 is 0 Å². The first-order chi connectivity index (χ1) is 9.65. The van der Waals surface area contributed by atoms with Crippen LogP contribution in [-0.4, -0.2) is 35.2 Å². The van der Waals surface area contributed by atoms with E-state index in [1.807, 2.05) is 0 Å². The summed E-state index contributed by atoms with van der Waals surface area (Å²) in [6.45, 7) is 7.36. The van der Waals surface area contributed by atoms with Crippen molar-refractivity contribution >= 4 is 10.0 Å². The van der Waals surface area contributed by atoms with E-state index in [0.717, 1.165) is 11.8 Å². The molecule has 0 radical (unpaired) electrons. The number of aliphatic hydroxyl groups excluding tert-OH is 1. The van der Waals surface area contributed by atoms with E-state index in [-0.39, 0.29) is 10.0 Å². The first-order valence-electron chi connectivity index (χ1n) is 8.94. The van der Waals surface area contributed by atoms with Gasteiger partial charge in [0.1, 0.15) is 0 Å². The highest BCUT2D eigenvalue weighted by molar-refractivity contribution is 8.33. The van der Waals surface area contributed by atoms with Gasteiger partial charge in [0.2, 0.25) is 0 Å². The third kappa shape index (κ3) is 6.52. The maximum Gasteiger partial charge on any atom is 0.0459 e. The van der Waals surface area contributed by atoms with Crippen molar-refractivity contribution in [2.45, 2.75) is 76.9 Å². The molecule has 1 N–H and O–H groups in total. The van der Waals surface area contributed by atoms with Crippen molar-refractivity contribution in [3.05, 3.63) is 0 Å². The molecule has 21 heavy (non-hydrogen) atoms. The quantitative estimate of drug-likeness (QED) is 0.717. The molecule has 0 aromatic heterocycles. The molecular formula is C19H40OS. The fraction of sp³-hybridized carbons (Fsp3) is 1.00. The summed E-state index contributed by atoms with van der Waals surface area (Å²) in [4.78, 5) is 0. The molecule has 0 aromatic rings. The molecule has 0 saturated heterocycles. The summed E-state index contributed by atoms with van der Waals surface area (Å²) in [6.07, 6.45) is 18.4. The molecule has 0 bridgehead atoms. The molecule has 2 heteroatoms. The summed E-state index contributed by atoms with van der Waals surface area (Å²) < 4.78 is 0.521. The van der Waals surface area contributed by atoms with Crippen LogP contribution in [0.2, 0.25) is 0 Å². The summed E-state index contributed by atoms with van der Waals surface area (Å²) in [5.41, 5.74) is 0. The smallest absolute Gasteiger partial charge is 0.0459 e. The van der Waals surface area contributed by atoms with Crippen molar-refractivity contribution < 1.29 is 5.11 Å². The van der Waals surface area contributed by atoms with E-state index in [4.69, 9.17) is 5.11 Å². The standard InChI is InChI=1S/C12H22O.C7H18S/c13-9-10-6-7-12(8-10)11-4-2-1-3-5-11;1-7(2,3)8(4,5)6/h10-13H,1-9H2;1-6H3. The number of rotatable bonds is 2. The van der Waals surface area contributed by atoms with Crippen molar-refractivity contribution in [3.8, 4) is 0 Å². The summed E-state index contributed by atoms with van der Waals surface area (Å²) in [6, 6.07) is 0. The molecule has 2 rings (SSSR count). The minimum atomic E-state index is -0.340. The normalized spacial score (nSPS) is 28.9. The van der Waals surface area contributed by atoms with Gasteiger partial charge in [-0.2, -0.15) is 0 Å². The van der Waals surface area contributed by atoms with E-state index in [1.165, 1.54) is 51.4 Å². The molecule has 2 fully saturated rings. The van der Waals surface area contributed by atoms with Crippen molar-refractivity contribution in [1.82, 2.24) is 0 Å². The zero-order chi connectivity index (χ0) is 16.1. The van der Waals surface area contributed by atoms with Gasteiger partial charge in [0, 0.05) is 6.61 Å². The molecule has 128 valence electrons. The Bertz CT molecular complexity index is 269. The second kappa shape index (κ2) is 8.24. The lowest BCUT2D eigenvalue weighted by Crippen LogP contribution is -2.21. The lowest BCUT2D eigenvalue weighted by molar-refractivity contribution is 0.207. The largest absolute Gasteiger partial charge is 0.396 e. The van der Waals surface area contributed by atoms with Crippen LogP contribution in [0.15, 0.2) is 0 Å². The van der Waals surface area contributed by atoms with Crippen molar-refractivity contribution in [2.24, 2.45) is 17.8 Å². The fourth-order valence-corrected chi connectivity index (χ4v) is 3.31. The lowest BCUT2D eigenvalue weighted by atomic mass is 9.79. The van der Waals surface area contributed by atoms with Crippen LogP contribution in [0.3, 0.4) is 0 Å². The van der Waals surface area contributed by atoms with Gasteiger partial charge in [-0.15, -0.1) is 0 Å². The molecule has 0 amide bonds. The van der Waals surface area contributed by atoms with Gasteiger partial charge in [-0.3, -0.25) is 0 Å². The predicted molar refractivity (Wildman–Crippen MR) is 99.6 cm³/mol. The van der Waals surface area contributed by atoms with Gasteiger partial charge >= 0.3 is 0 Å². The van der Waals surface area contributed by atoms with Gasteiger partial charge in [0.05, 0.1) is 0 Å². The van der Waals surface area contributed by atoms with Gasteiger partial charge in [-0.05, 0) is 60.5 Å². The molecule has 0 heterocycles. The first-order valence-corrected chi connectivity index (χ1v) is 11.8. The Balaban J connectivity index is 0.000000240. The van der Waals surface area contributed by atoms with E-state index in [1.54, 1.807) is 0 Å². The topological polar surface area (TPSA) is 20.2 Å². The highest BCUT2D eigenvalue weighted by Gasteiger charge is 2.30. The van der Waals surface area contributed by atoms with Crippen LogP contribution in [0.5, 0.6) is 0 Å². The van der Waals surface area contributed by atoms with E-state index in [9.17, 15) is 0 Å². The van der Waals surface area contributed by atoms with Crippen LogP contribution >= 0.6 is 10.0 Å². The van der Waals surface area contributed by atoms with Crippen LogP contribution < -0.4 is 0 Å². The van der Waals surface area contributed by atoms with E-state index in [2.05, 4.69) is 39.5 Å². The molecular weight excluding hydrogens is 276 g/mol. The van der Waals surface area contributed by atoms with Gasteiger partial charge in [-0.1, -0.05) is 52.9 Å². The maximum absolute atomic E-state index is 9.08. The predicted octanol–water partition coefficient (Wildman–Crippen LogP) is 5.45. The molecule has 2 atom stereocenters. The molecule has 1 nitrogen and oxygen atoms in total. The van der Waals surface area contributed by atoms with E-state index < -0.39 is 0 Å². The first kappa shape index (κ1) is 19.4. The summed E-state index contributed by atoms with van der Waals surface area (Å²) in [5.74, 6) is 2.63. The Kier molecular flexibility index (Phi) is 7.60. The Hall–Kier alpha value is 0.310. The van der Waals surface area contributed by atoms with Crippen LogP contribution in [0.1, 0.15) is 72.1 Å². The SMILES string of the molecule is CC(C)(C)S(C)(C)C.OCC1CCC(C2CCCCC2)C1. The van der Waals surface area contributed by atoms with E-state index in [0.29, 0.717) is 17.3 Å². The van der Waals surface area contributed by atoms with Crippen molar-refractivity contribution in [2.75, 3.05) is 25.4 Å². The second-order valence-electron chi connectivity index (χ2n) is 8.97. The Labute approximate surface area is 135 Å². The minimum absolute atomic E-state index is 0.340. The zero-order valence-corrected chi connectivity index (χ0v) is 16.3. The average Bonchev–Trinajstić information content (AvgIpc) is 2.87.